The van der Waals surface area contributed by atoms with E-state index >= 15 is 0 Å². The molecule has 1 fully saturated rings. The molecular formula is C25H26N2O5S. The maximum absolute atomic E-state index is 13.0. The first-order valence-corrected chi connectivity index (χ1v) is 12.4. The number of hydrogen-bond donors (Lipinski definition) is 2. The van der Waals surface area contributed by atoms with E-state index in [1.807, 2.05) is 12.1 Å². The van der Waals surface area contributed by atoms with Gasteiger partial charge in [-0.25, -0.2) is 9.78 Å². The van der Waals surface area contributed by atoms with Crippen molar-refractivity contribution in [3.63, 3.8) is 0 Å². The third-order valence-electron chi connectivity index (χ3n) is 5.97. The predicted molar refractivity (Wildman–Crippen MR) is 126 cm³/mol. The summed E-state index contributed by atoms with van der Waals surface area (Å²) in [5, 5.41) is 8.99. The Labute approximate surface area is 193 Å². The zero-order chi connectivity index (χ0) is 23.4. The largest absolute Gasteiger partial charge is 0.495 e. The quantitative estimate of drug-likeness (QED) is 0.489. The zero-order valence-corrected chi connectivity index (χ0v) is 19.1. The molecule has 1 aliphatic carbocycles. The van der Waals surface area contributed by atoms with Gasteiger partial charge < -0.3 is 9.84 Å². The van der Waals surface area contributed by atoms with E-state index < -0.39 is 16.0 Å². The molecule has 0 radical (unpaired) electrons. The summed E-state index contributed by atoms with van der Waals surface area (Å²) in [6, 6.07) is 17.0. The van der Waals surface area contributed by atoms with Gasteiger partial charge in [0.15, 0.2) is 5.03 Å². The van der Waals surface area contributed by atoms with Crippen molar-refractivity contribution in [1.82, 2.24) is 4.98 Å². The molecule has 0 saturated heterocycles. The van der Waals surface area contributed by atoms with Crippen LogP contribution in [0.5, 0.6) is 5.75 Å². The number of rotatable bonds is 7. The highest BCUT2D eigenvalue weighted by atomic mass is 32.2. The van der Waals surface area contributed by atoms with Crippen molar-refractivity contribution in [2.75, 3.05) is 11.8 Å². The molecule has 2 aromatic carbocycles. The first kappa shape index (κ1) is 22.8. The second-order valence-corrected chi connectivity index (χ2v) is 9.77. The lowest BCUT2D eigenvalue weighted by Crippen LogP contribution is -2.15. The Bertz CT molecular complexity index is 1250. The van der Waals surface area contributed by atoms with Crippen molar-refractivity contribution >= 4 is 21.7 Å². The van der Waals surface area contributed by atoms with Crippen LogP contribution in [0.3, 0.4) is 0 Å². The number of ether oxygens (including phenoxy) is 1. The first-order chi connectivity index (χ1) is 15.9. The van der Waals surface area contributed by atoms with Gasteiger partial charge in [-0.1, -0.05) is 49.6 Å². The lowest BCUT2D eigenvalue weighted by atomic mass is 9.84. The van der Waals surface area contributed by atoms with Crippen molar-refractivity contribution in [2.24, 2.45) is 0 Å². The normalized spacial score (nSPS) is 14.6. The smallest absolute Gasteiger partial charge is 0.335 e. The number of methoxy groups -OCH3 is 1. The molecule has 2 N–H and O–H groups in total. The Morgan fingerprint density at radius 3 is 2.42 bits per heavy atom. The minimum atomic E-state index is -4.02. The monoisotopic (exact) mass is 466 g/mol. The van der Waals surface area contributed by atoms with Gasteiger partial charge in [-0.3, -0.25) is 4.72 Å². The molecule has 1 heterocycles. The van der Waals surface area contributed by atoms with Gasteiger partial charge in [-0.15, -0.1) is 0 Å². The number of sulfonamides is 1. The van der Waals surface area contributed by atoms with Crippen LogP contribution < -0.4 is 9.46 Å². The Morgan fingerprint density at radius 1 is 1.03 bits per heavy atom. The summed E-state index contributed by atoms with van der Waals surface area (Å²) in [6.45, 7) is 0. The number of hydrogen-bond acceptors (Lipinski definition) is 5. The van der Waals surface area contributed by atoms with Crippen LogP contribution in [0.25, 0.3) is 11.3 Å². The molecule has 172 valence electrons. The molecule has 0 unspecified atom stereocenters. The van der Waals surface area contributed by atoms with E-state index in [9.17, 15) is 13.2 Å². The highest BCUT2D eigenvalue weighted by molar-refractivity contribution is 7.92. The van der Waals surface area contributed by atoms with Crippen molar-refractivity contribution < 1.29 is 23.1 Å². The van der Waals surface area contributed by atoms with Crippen LogP contribution in [0, 0.1) is 0 Å². The summed E-state index contributed by atoms with van der Waals surface area (Å²) in [5.74, 6) is -0.432. The van der Waals surface area contributed by atoms with E-state index in [4.69, 9.17) is 9.84 Å². The van der Waals surface area contributed by atoms with E-state index in [-0.39, 0.29) is 22.0 Å². The number of carboxylic acid groups (broad SMARTS) is 1. The van der Waals surface area contributed by atoms with E-state index in [0.29, 0.717) is 11.6 Å². The fourth-order valence-corrected chi connectivity index (χ4v) is 5.23. The highest BCUT2D eigenvalue weighted by Crippen LogP contribution is 2.33. The summed E-state index contributed by atoms with van der Waals surface area (Å²) in [4.78, 5) is 15.5. The van der Waals surface area contributed by atoms with Crippen LogP contribution in [-0.4, -0.2) is 31.6 Å². The number of carbonyl (C=O) groups is 1. The van der Waals surface area contributed by atoms with Crippen LogP contribution in [0.1, 0.15) is 53.9 Å². The molecule has 1 saturated carbocycles. The number of carboxylic acids is 1. The second-order valence-electron chi connectivity index (χ2n) is 8.14. The van der Waals surface area contributed by atoms with Gasteiger partial charge in [0.1, 0.15) is 5.75 Å². The van der Waals surface area contributed by atoms with Crippen LogP contribution >= 0.6 is 0 Å². The van der Waals surface area contributed by atoms with Gasteiger partial charge in [-0.2, -0.15) is 8.42 Å². The maximum atomic E-state index is 13.0. The van der Waals surface area contributed by atoms with Crippen LogP contribution in [0.4, 0.5) is 5.69 Å². The van der Waals surface area contributed by atoms with Gasteiger partial charge in [0.2, 0.25) is 0 Å². The molecule has 1 aliphatic rings. The molecule has 7 nitrogen and oxygen atoms in total. The Morgan fingerprint density at radius 2 is 1.76 bits per heavy atom. The fraction of sp³-hybridized carbons (Fsp3) is 0.280. The van der Waals surface area contributed by atoms with Crippen molar-refractivity contribution in [3.8, 4) is 17.0 Å². The summed E-state index contributed by atoms with van der Waals surface area (Å²) >= 11 is 0. The number of nitrogens with one attached hydrogen (secondary N) is 1. The maximum Gasteiger partial charge on any atom is 0.335 e. The molecule has 0 amide bonds. The van der Waals surface area contributed by atoms with Gasteiger partial charge in [-0.05, 0) is 54.7 Å². The van der Waals surface area contributed by atoms with Crippen molar-refractivity contribution in [3.05, 3.63) is 71.8 Å². The molecule has 0 spiro atoms. The number of aromatic nitrogens is 1. The average Bonchev–Trinajstić information content (AvgIpc) is 2.84. The van der Waals surface area contributed by atoms with E-state index in [1.165, 1.54) is 69.0 Å². The number of anilines is 1. The van der Waals surface area contributed by atoms with E-state index in [2.05, 4.69) is 21.8 Å². The second kappa shape index (κ2) is 9.62. The fourth-order valence-electron chi connectivity index (χ4n) is 4.19. The summed E-state index contributed by atoms with van der Waals surface area (Å²) in [5.41, 5.74) is 2.84. The molecule has 33 heavy (non-hydrogen) atoms. The highest BCUT2D eigenvalue weighted by Gasteiger charge is 2.20. The molecule has 1 aromatic heterocycles. The molecule has 0 atom stereocenters. The van der Waals surface area contributed by atoms with Crippen molar-refractivity contribution in [1.29, 1.82) is 0 Å². The van der Waals surface area contributed by atoms with Crippen LogP contribution in [-0.2, 0) is 10.0 Å². The van der Waals surface area contributed by atoms with Crippen molar-refractivity contribution in [2.45, 2.75) is 43.0 Å². The number of aromatic carboxylic acids is 1. The van der Waals surface area contributed by atoms with Crippen LogP contribution in [0.15, 0.2) is 65.7 Å². The Balaban J connectivity index is 1.57. The first-order valence-electron chi connectivity index (χ1n) is 10.9. The van der Waals surface area contributed by atoms with Gasteiger partial charge >= 0.3 is 5.97 Å². The third-order valence-corrected chi connectivity index (χ3v) is 7.24. The number of benzene rings is 2. The number of nitrogens with zero attached hydrogens (tertiary/aromatic N) is 1. The van der Waals surface area contributed by atoms with Gasteiger partial charge in [0.25, 0.3) is 10.0 Å². The Kier molecular flexibility index (Phi) is 6.65. The van der Waals surface area contributed by atoms with E-state index in [1.54, 1.807) is 12.1 Å². The summed E-state index contributed by atoms with van der Waals surface area (Å²) in [7, 11) is -2.68. The van der Waals surface area contributed by atoms with Gasteiger partial charge in [0, 0.05) is 5.56 Å². The molecular weight excluding hydrogens is 440 g/mol. The SMILES string of the molecule is COc1cc(C(=O)O)ccc1NS(=O)(=O)c1cccc(-c2ccc(C3CCCCC3)cc2)n1. The minimum Gasteiger partial charge on any atom is -0.495 e. The molecule has 0 aliphatic heterocycles. The lowest BCUT2D eigenvalue weighted by Gasteiger charge is -2.22. The van der Waals surface area contributed by atoms with Gasteiger partial charge in [0.05, 0.1) is 24.1 Å². The standard InChI is InChI=1S/C25H26N2O5S/c1-32-23-16-20(25(28)29)14-15-22(23)27-33(30,31)24-9-5-8-21(26-24)19-12-10-18(11-13-19)17-6-3-2-4-7-17/h5,8-17,27H,2-4,6-7H2,1H3,(H,28,29). The molecule has 4 rings (SSSR count). The topological polar surface area (TPSA) is 106 Å². The number of pyridine rings is 1. The summed E-state index contributed by atoms with van der Waals surface area (Å²) in [6.07, 6.45) is 6.28. The molecule has 0 bridgehead atoms. The van der Waals surface area contributed by atoms with E-state index in [0.717, 1.165) is 5.56 Å². The predicted octanol–water partition coefficient (Wildman–Crippen LogP) is 5.30. The lowest BCUT2D eigenvalue weighted by molar-refractivity contribution is 0.0696. The third kappa shape index (κ3) is 5.17. The van der Waals surface area contributed by atoms with Crippen LogP contribution in [0.2, 0.25) is 0 Å². The average molecular weight is 467 g/mol. The Hall–Kier alpha value is -3.39. The zero-order valence-electron chi connectivity index (χ0n) is 18.3. The minimum absolute atomic E-state index is 0.00778. The molecule has 3 aromatic rings. The molecule has 8 heteroatoms. The summed E-state index contributed by atoms with van der Waals surface area (Å²) < 4.78 is 33.6.